The minimum Gasteiger partial charge on any atom is -0.273 e. The fourth-order valence-corrected chi connectivity index (χ4v) is 2.46. The molecule has 132 valence electrons. The number of aryl methyl sites for hydroxylation is 1. The number of nitrogens with one attached hydrogen (secondary N) is 2. The SMILES string of the molecule is O=C(CCc1cnn(-c2ccccc2)c1)NNC(=O)c1ccc(Cl)cc1. The number of nitrogens with zero attached hydrogens (tertiary/aromatic N) is 2. The first-order valence-corrected chi connectivity index (χ1v) is 8.43. The number of aromatic nitrogens is 2. The van der Waals surface area contributed by atoms with Crippen LogP contribution in [0.5, 0.6) is 0 Å². The van der Waals surface area contributed by atoms with Gasteiger partial charge in [-0.25, -0.2) is 4.68 Å². The third kappa shape index (κ3) is 4.70. The van der Waals surface area contributed by atoms with E-state index in [2.05, 4.69) is 16.0 Å². The van der Waals surface area contributed by atoms with Gasteiger partial charge in [0.05, 0.1) is 11.9 Å². The van der Waals surface area contributed by atoms with Crippen molar-refractivity contribution in [3.63, 3.8) is 0 Å². The Hall–Kier alpha value is -3.12. The van der Waals surface area contributed by atoms with E-state index in [1.54, 1.807) is 35.1 Å². The maximum absolute atomic E-state index is 11.9. The van der Waals surface area contributed by atoms with E-state index in [4.69, 9.17) is 11.6 Å². The summed E-state index contributed by atoms with van der Waals surface area (Å²) in [5.74, 6) is -0.674. The van der Waals surface area contributed by atoms with Gasteiger partial charge in [0.15, 0.2) is 0 Å². The first kappa shape index (κ1) is 17.7. The molecule has 2 aromatic carbocycles. The van der Waals surface area contributed by atoms with Crippen molar-refractivity contribution >= 4 is 23.4 Å². The summed E-state index contributed by atoms with van der Waals surface area (Å²) in [5, 5.41) is 4.83. The van der Waals surface area contributed by atoms with Crippen LogP contribution < -0.4 is 10.9 Å². The molecule has 1 aromatic heterocycles. The summed E-state index contributed by atoms with van der Waals surface area (Å²) in [5.41, 5.74) is 7.10. The molecule has 1 heterocycles. The molecule has 0 spiro atoms. The highest BCUT2D eigenvalue weighted by molar-refractivity contribution is 6.30. The second kappa shape index (κ2) is 8.31. The number of benzene rings is 2. The fourth-order valence-electron chi connectivity index (χ4n) is 2.33. The molecular weight excluding hydrogens is 352 g/mol. The zero-order valence-corrected chi connectivity index (χ0v) is 14.6. The van der Waals surface area contributed by atoms with Crippen molar-refractivity contribution in [2.24, 2.45) is 0 Å². The molecule has 0 aliphatic heterocycles. The molecule has 0 saturated carbocycles. The lowest BCUT2D eigenvalue weighted by Crippen LogP contribution is -2.41. The molecule has 0 bridgehead atoms. The lowest BCUT2D eigenvalue weighted by atomic mass is 10.2. The number of rotatable bonds is 5. The lowest BCUT2D eigenvalue weighted by molar-refractivity contribution is -0.121. The monoisotopic (exact) mass is 368 g/mol. The topological polar surface area (TPSA) is 76.0 Å². The Labute approximate surface area is 155 Å². The molecule has 3 aromatic rings. The Bertz CT molecular complexity index is 891. The number of hydrazine groups is 1. The van der Waals surface area contributed by atoms with Gasteiger partial charge in [0.1, 0.15) is 0 Å². The van der Waals surface area contributed by atoms with Crippen molar-refractivity contribution in [2.75, 3.05) is 0 Å². The van der Waals surface area contributed by atoms with Gasteiger partial charge in [-0.1, -0.05) is 29.8 Å². The van der Waals surface area contributed by atoms with Crippen LogP contribution in [-0.2, 0) is 11.2 Å². The van der Waals surface area contributed by atoms with E-state index in [1.165, 1.54) is 0 Å². The first-order chi connectivity index (χ1) is 12.6. The smallest absolute Gasteiger partial charge is 0.269 e. The predicted octanol–water partition coefficient (Wildman–Crippen LogP) is 2.92. The minimum atomic E-state index is -0.396. The van der Waals surface area contributed by atoms with Crippen molar-refractivity contribution in [1.29, 1.82) is 0 Å². The van der Waals surface area contributed by atoms with Gasteiger partial charge in [-0.2, -0.15) is 5.10 Å². The molecule has 0 aliphatic carbocycles. The van der Waals surface area contributed by atoms with Crippen molar-refractivity contribution in [2.45, 2.75) is 12.8 Å². The quantitative estimate of drug-likeness (QED) is 0.680. The van der Waals surface area contributed by atoms with E-state index in [9.17, 15) is 9.59 Å². The number of carbonyl (C=O) groups is 2. The van der Waals surface area contributed by atoms with Crippen molar-refractivity contribution < 1.29 is 9.59 Å². The van der Waals surface area contributed by atoms with Crippen LogP contribution in [0.25, 0.3) is 5.69 Å². The van der Waals surface area contributed by atoms with E-state index < -0.39 is 5.91 Å². The summed E-state index contributed by atoms with van der Waals surface area (Å²) < 4.78 is 1.76. The number of carbonyl (C=O) groups excluding carboxylic acids is 2. The number of para-hydroxylation sites is 1. The molecule has 0 saturated heterocycles. The average Bonchev–Trinajstić information content (AvgIpc) is 3.15. The van der Waals surface area contributed by atoms with Crippen LogP contribution in [0.3, 0.4) is 0 Å². The van der Waals surface area contributed by atoms with Gasteiger partial charge in [0, 0.05) is 23.2 Å². The second-order valence-electron chi connectivity index (χ2n) is 5.64. The molecule has 0 fully saturated rings. The van der Waals surface area contributed by atoms with Crippen LogP contribution in [0.4, 0.5) is 0 Å². The molecule has 26 heavy (non-hydrogen) atoms. The largest absolute Gasteiger partial charge is 0.273 e. The zero-order chi connectivity index (χ0) is 18.4. The summed E-state index contributed by atoms with van der Waals surface area (Å²) in [6.07, 6.45) is 4.37. The van der Waals surface area contributed by atoms with Crippen molar-refractivity contribution in [3.8, 4) is 5.69 Å². The van der Waals surface area contributed by atoms with Crippen LogP contribution in [-0.4, -0.2) is 21.6 Å². The average molecular weight is 369 g/mol. The molecule has 0 atom stereocenters. The molecule has 6 nitrogen and oxygen atoms in total. The van der Waals surface area contributed by atoms with Gasteiger partial charge >= 0.3 is 0 Å². The van der Waals surface area contributed by atoms with E-state index in [0.717, 1.165) is 11.3 Å². The van der Waals surface area contributed by atoms with E-state index in [0.29, 0.717) is 17.0 Å². The molecule has 2 N–H and O–H groups in total. The fraction of sp³-hybridized carbons (Fsp3) is 0.105. The van der Waals surface area contributed by atoms with Gasteiger partial charge in [-0.3, -0.25) is 20.4 Å². The molecule has 3 rings (SSSR count). The Morgan fingerprint density at radius 2 is 1.73 bits per heavy atom. The number of amides is 2. The van der Waals surface area contributed by atoms with Crippen LogP contribution in [0.2, 0.25) is 5.02 Å². The molecule has 0 radical (unpaired) electrons. The van der Waals surface area contributed by atoms with Gasteiger partial charge in [0.25, 0.3) is 5.91 Å². The minimum absolute atomic E-state index is 0.237. The van der Waals surface area contributed by atoms with Crippen molar-refractivity contribution in [1.82, 2.24) is 20.6 Å². The Kier molecular flexibility index (Phi) is 5.66. The van der Waals surface area contributed by atoms with Crippen LogP contribution in [0.15, 0.2) is 67.0 Å². The third-order valence-corrected chi connectivity index (χ3v) is 3.97. The molecule has 7 heteroatoms. The predicted molar refractivity (Wildman–Crippen MR) is 98.9 cm³/mol. The van der Waals surface area contributed by atoms with Gasteiger partial charge in [-0.15, -0.1) is 0 Å². The molecule has 2 amide bonds. The normalized spacial score (nSPS) is 10.3. The van der Waals surface area contributed by atoms with E-state index in [1.807, 2.05) is 36.5 Å². The van der Waals surface area contributed by atoms with Crippen molar-refractivity contribution in [3.05, 3.63) is 83.1 Å². The maximum atomic E-state index is 11.9. The van der Waals surface area contributed by atoms with E-state index in [-0.39, 0.29) is 12.3 Å². The highest BCUT2D eigenvalue weighted by Gasteiger charge is 2.08. The highest BCUT2D eigenvalue weighted by Crippen LogP contribution is 2.10. The van der Waals surface area contributed by atoms with Crippen LogP contribution in [0, 0.1) is 0 Å². The van der Waals surface area contributed by atoms with E-state index >= 15 is 0 Å². The number of hydrogen-bond acceptors (Lipinski definition) is 3. The summed E-state index contributed by atoms with van der Waals surface area (Å²) in [6.45, 7) is 0. The summed E-state index contributed by atoms with van der Waals surface area (Å²) in [7, 11) is 0. The van der Waals surface area contributed by atoms with Gasteiger partial charge < -0.3 is 0 Å². The molecule has 0 unspecified atom stereocenters. The standard InChI is InChI=1S/C19H17ClN4O2/c20-16-9-7-15(8-10-16)19(26)23-22-18(25)11-6-14-12-21-24(13-14)17-4-2-1-3-5-17/h1-5,7-10,12-13H,6,11H2,(H,22,25)(H,23,26). The lowest BCUT2D eigenvalue weighted by Gasteiger charge is -2.07. The molecular formula is C19H17ClN4O2. The third-order valence-electron chi connectivity index (χ3n) is 3.72. The van der Waals surface area contributed by atoms with Gasteiger partial charge in [0.2, 0.25) is 5.91 Å². The highest BCUT2D eigenvalue weighted by atomic mass is 35.5. The van der Waals surface area contributed by atoms with Gasteiger partial charge in [-0.05, 0) is 48.4 Å². The summed E-state index contributed by atoms with van der Waals surface area (Å²) >= 11 is 5.78. The Morgan fingerprint density at radius 1 is 1.00 bits per heavy atom. The number of halogens is 1. The first-order valence-electron chi connectivity index (χ1n) is 8.05. The molecule has 0 aliphatic rings. The maximum Gasteiger partial charge on any atom is 0.269 e. The summed E-state index contributed by atoms with van der Waals surface area (Å²) in [4.78, 5) is 23.8. The Balaban J connectivity index is 1.46. The van der Waals surface area contributed by atoms with Crippen LogP contribution >= 0.6 is 11.6 Å². The Morgan fingerprint density at radius 3 is 2.46 bits per heavy atom. The number of hydrogen-bond donors (Lipinski definition) is 2. The zero-order valence-electron chi connectivity index (χ0n) is 13.9. The summed E-state index contributed by atoms with van der Waals surface area (Å²) in [6, 6.07) is 16.1. The van der Waals surface area contributed by atoms with Crippen LogP contribution in [0.1, 0.15) is 22.3 Å². The second-order valence-corrected chi connectivity index (χ2v) is 6.07.